The van der Waals surface area contributed by atoms with E-state index < -0.39 is 0 Å². The molecule has 0 unspecified atom stereocenters. The van der Waals surface area contributed by atoms with E-state index in [1.54, 1.807) is 0 Å². The number of Topliss-reactive ketones (excluding diaryl/α,β-unsaturated/α-hetero) is 1. The first kappa shape index (κ1) is 21.7. The van der Waals surface area contributed by atoms with Gasteiger partial charge < -0.3 is 4.90 Å². The number of carbonyl (C=O) groups is 1. The molecular weight excluding hydrogens is 402 g/mol. The number of fused-ring (bicyclic) bond motifs is 3. The van der Waals surface area contributed by atoms with Crippen LogP contribution in [0.25, 0.3) is 11.1 Å². The summed E-state index contributed by atoms with van der Waals surface area (Å²) in [4.78, 5) is 16.5. The Morgan fingerprint density at radius 2 is 1.39 bits per heavy atom. The summed E-state index contributed by atoms with van der Waals surface area (Å²) in [6.45, 7) is 12.0. The number of carbonyl (C=O) groups excluding carboxylic acids is 1. The van der Waals surface area contributed by atoms with Crippen LogP contribution in [-0.4, -0.2) is 12.3 Å². The van der Waals surface area contributed by atoms with Crippen LogP contribution in [0.4, 0.5) is 5.69 Å². The molecule has 168 valence electrons. The molecule has 5 rings (SSSR count). The predicted molar refractivity (Wildman–Crippen MR) is 138 cm³/mol. The molecule has 0 saturated heterocycles. The summed E-state index contributed by atoms with van der Waals surface area (Å²) < 4.78 is 0. The highest BCUT2D eigenvalue weighted by Gasteiger charge is 2.40. The van der Waals surface area contributed by atoms with Crippen molar-refractivity contribution in [3.63, 3.8) is 0 Å². The van der Waals surface area contributed by atoms with Crippen molar-refractivity contribution in [2.24, 2.45) is 5.41 Å². The van der Waals surface area contributed by atoms with Crippen LogP contribution < -0.4 is 4.90 Å². The van der Waals surface area contributed by atoms with Gasteiger partial charge in [0.05, 0.1) is 5.92 Å². The zero-order chi connectivity index (χ0) is 23.4. The molecule has 1 aliphatic carbocycles. The van der Waals surface area contributed by atoms with Crippen molar-refractivity contribution in [2.45, 2.75) is 52.4 Å². The summed E-state index contributed by atoms with van der Waals surface area (Å²) in [5, 5.41) is 0. The minimum Gasteiger partial charge on any atom is -0.348 e. The second-order valence-electron chi connectivity index (χ2n) is 11.1. The molecule has 2 nitrogen and oxygen atoms in total. The molecule has 33 heavy (non-hydrogen) atoms. The number of ketones is 1. The van der Waals surface area contributed by atoms with E-state index in [1.807, 2.05) is 0 Å². The minimum absolute atomic E-state index is 0.128. The SMILES string of the molecule is CC1(C)CCN(c2ccc(C(C)(C)C)cc2)C=C1C(=O)C1c2ccccc2-c2ccccc21. The quantitative estimate of drug-likeness (QED) is 0.425. The summed E-state index contributed by atoms with van der Waals surface area (Å²) >= 11 is 0. The molecule has 0 amide bonds. The van der Waals surface area contributed by atoms with Crippen molar-refractivity contribution < 1.29 is 4.79 Å². The highest BCUT2D eigenvalue weighted by atomic mass is 16.1. The largest absolute Gasteiger partial charge is 0.348 e. The van der Waals surface area contributed by atoms with Crippen LogP contribution in [0.5, 0.6) is 0 Å². The van der Waals surface area contributed by atoms with E-state index in [0.29, 0.717) is 0 Å². The molecule has 0 saturated carbocycles. The fourth-order valence-electron chi connectivity index (χ4n) is 5.28. The van der Waals surface area contributed by atoms with Crippen molar-refractivity contribution in [1.29, 1.82) is 0 Å². The van der Waals surface area contributed by atoms with E-state index in [1.165, 1.54) is 16.7 Å². The lowest BCUT2D eigenvalue weighted by Crippen LogP contribution is -2.36. The third-order valence-corrected chi connectivity index (χ3v) is 7.42. The number of rotatable bonds is 3. The first-order chi connectivity index (χ1) is 15.7. The van der Waals surface area contributed by atoms with Gasteiger partial charge in [0.1, 0.15) is 0 Å². The number of anilines is 1. The summed E-state index contributed by atoms with van der Waals surface area (Å²) in [5.74, 6) is -0.000414. The molecule has 0 radical (unpaired) electrons. The summed E-state index contributed by atoms with van der Waals surface area (Å²) in [6.07, 6.45) is 3.07. The van der Waals surface area contributed by atoms with E-state index in [4.69, 9.17) is 0 Å². The summed E-state index contributed by atoms with van der Waals surface area (Å²) in [7, 11) is 0. The Kier molecular flexibility index (Phi) is 5.08. The second kappa shape index (κ2) is 7.73. The second-order valence-corrected chi connectivity index (χ2v) is 11.1. The highest BCUT2D eigenvalue weighted by molar-refractivity contribution is 6.07. The lowest BCUT2D eigenvalue weighted by Gasteiger charge is -2.38. The van der Waals surface area contributed by atoms with Crippen LogP contribution in [-0.2, 0) is 10.2 Å². The minimum atomic E-state index is -0.230. The highest BCUT2D eigenvalue weighted by Crippen LogP contribution is 2.48. The first-order valence-corrected chi connectivity index (χ1v) is 12.0. The van der Waals surface area contributed by atoms with Gasteiger partial charge in [0, 0.05) is 24.0 Å². The molecule has 3 aromatic rings. The average Bonchev–Trinajstić information content (AvgIpc) is 3.13. The Labute approximate surface area is 198 Å². The maximum Gasteiger partial charge on any atom is 0.172 e. The number of hydrogen-bond acceptors (Lipinski definition) is 2. The lowest BCUT2D eigenvalue weighted by molar-refractivity contribution is -0.117. The normalized spacial score (nSPS) is 17.4. The van der Waals surface area contributed by atoms with Crippen molar-refractivity contribution >= 4 is 11.5 Å². The molecule has 1 aliphatic heterocycles. The molecular formula is C31H33NO. The van der Waals surface area contributed by atoms with Gasteiger partial charge in [0.15, 0.2) is 5.78 Å². The van der Waals surface area contributed by atoms with Gasteiger partial charge in [-0.05, 0) is 57.2 Å². The van der Waals surface area contributed by atoms with Crippen LogP contribution in [0.15, 0.2) is 84.6 Å². The summed E-state index contributed by atoms with van der Waals surface area (Å²) in [5.41, 5.74) is 8.00. The molecule has 3 aromatic carbocycles. The Balaban J connectivity index is 1.55. The molecule has 0 bridgehead atoms. The maximum absolute atomic E-state index is 14.2. The van der Waals surface area contributed by atoms with Gasteiger partial charge in [-0.15, -0.1) is 0 Å². The Morgan fingerprint density at radius 3 is 1.94 bits per heavy atom. The zero-order valence-corrected chi connectivity index (χ0v) is 20.4. The zero-order valence-electron chi connectivity index (χ0n) is 20.4. The van der Waals surface area contributed by atoms with Crippen LogP contribution in [0.2, 0.25) is 0 Å². The van der Waals surface area contributed by atoms with E-state index in [9.17, 15) is 4.79 Å². The molecule has 0 fully saturated rings. The maximum atomic E-state index is 14.2. The van der Waals surface area contributed by atoms with Crippen LogP contribution >= 0.6 is 0 Å². The number of hydrogen-bond donors (Lipinski definition) is 0. The molecule has 2 heteroatoms. The van der Waals surface area contributed by atoms with Crippen molar-refractivity contribution in [2.75, 3.05) is 11.4 Å². The average molecular weight is 436 g/mol. The molecule has 0 aromatic heterocycles. The predicted octanol–water partition coefficient (Wildman–Crippen LogP) is 7.49. The van der Waals surface area contributed by atoms with Crippen LogP contribution in [0.3, 0.4) is 0 Å². The van der Waals surface area contributed by atoms with E-state index >= 15 is 0 Å². The fourth-order valence-corrected chi connectivity index (χ4v) is 5.28. The Bertz CT molecular complexity index is 1190. The molecule has 0 atom stereocenters. The van der Waals surface area contributed by atoms with Crippen LogP contribution in [0, 0.1) is 5.41 Å². The monoisotopic (exact) mass is 435 g/mol. The van der Waals surface area contributed by atoms with Crippen LogP contribution in [0.1, 0.15) is 63.6 Å². The molecule has 0 N–H and O–H groups in total. The van der Waals surface area contributed by atoms with Gasteiger partial charge in [-0.3, -0.25) is 4.79 Å². The van der Waals surface area contributed by atoms with Gasteiger partial charge in [-0.2, -0.15) is 0 Å². The van der Waals surface area contributed by atoms with Gasteiger partial charge in [0.25, 0.3) is 0 Å². The standard InChI is InChI=1S/C31H33NO/c1-30(2,3)21-14-16-22(17-15-21)32-19-18-31(4,5)27(20-32)29(33)28-25-12-8-6-10-23(25)24-11-7-9-13-26(24)28/h6-17,20,28H,18-19H2,1-5H3. The molecule has 2 aliphatic rings. The van der Waals surface area contributed by atoms with Gasteiger partial charge in [-0.1, -0.05) is 95.3 Å². The lowest BCUT2D eigenvalue weighted by atomic mass is 9.73. The van der Waals surface area contributed by atoms with Crippen molar-refractivity contribution in [3.05, 3.63) is 101 Å². The Morgan fingerprint density at radius 1 is 0.848 bits per heavy atom. The van der Waals surface area contributed by atoms with E-state index in [2.05, 4.69) is 119 Å². The summed E-state index contributed by atoms with van der Waals surface area (Å²) in [6, 6.07) is 25.6. The van der Waals surface area contributed by atoms with E-state index in [0.717, 1.165) is 35.4 Å². The third kappa shape index (κ3) is 3.72. The van der Waals surface area contributed by atoms with Gasteiger partial charge in [0.2, 0.25) is 0 Å². The molecule has 1 heterocycles. The number of nitrogens with zero attached hydrogens (tertiary/aromatic N) is 1. The third-order valence-electron chi connectivity index (χ3n) is 7.42. The van der Waals surface area contributed by atoms with Crippen molar-refractivity contribution in [1.82, 2.24) is 0 Å². The fraction of sp³-hybridized carbons (Fsp3) is 0.323. The smallest absolute Gasteiger partial charge is 0.172 e. The topological polar surface area (TPSA) is 20.3 Å². The first-order valence-electron chi connectivity index (χ1n) is 12.0. The van der Waals surface area contributed by atoms with Gasteiger partial charge in [-0.25, -0.2) is 0 Å². The number of allylic oxidation sites excluding steroid dienone is 1. The van der Waals surface area contributed by atoms with E-state index in [-0.39, 0.29) is 22.5 Å². The Hall–Kier alpha value is -3.13. The number of benzene rings is 3. The molecule has 0 spiro atoms. The van der Waals surface area contributed by atoms with Crippen molar-refractivity contribution in [3.8, 4) is 11.1 Å². The van der Waals surface area contributed by atoms with Gasteiger partial charge >= 0.3 is 0 Å².